The summed E-state index contributed by atoms with van der Waals surface area (Å²) in [5.41, 5.74) is 2.31. The second-order valence-electron chi connectivity index (χ2n) is 5.59. The van der Waals surface area contributed by atoms with Crippen LogP contribution in [-0.2, 0) is 27.2 Å². The molecule has 21 heavy (non-hydrogen) atoms. The van der Waals surface area contributed by atoms with Crippen LogP contribution in [0.4, 0.5) is 0 Å². The number of halogens is 1. The molecule has 1 amide bonds. The van der Waals surface area contributed by atoms with E-state index in [0.29, 0.717) is 19.7 Å². The number of carbonyl (C=O) groups is 1. The molecule has 0 unspecified atom stereocenters. The average Bonchev–Trinajstić information content (AvgIpc) is 3.00. The van der Waals surface area contributed by atoms with Gasteiger partial charge in [0.1, 0.15) is 6.61 Å². The summed E-state index contributed by atoms with van der Waals surface area (Å²) in [6, 6.07) is 5.87. The van der Waals surface area contributed by atoms with Crippen molar-refractivity contribution >= 4 is 17.5 Å². The van der Waals surface area contributed by atoms with Gasteiger partial charge in [-0.15, -0.1) is 0 Å². The van der Waals surface area contributed by atoms with Crippen molar-refractivity contribution < 1.29 is 14.3 Å². The molecule has 3 rings (SSSR count). The van der Waals surface area contributed by atoms with Crippen LogP contribution in [0.3, 0.4) is 0 Å². The summed E-state index contributed by atoms with van der Waals surface area (Å²) in [6.45, 7) is 2.79. The fourth-order valence-electron chi connectivity index (χ4n) is 2.92. The van der Waals surface area contributed by atoms with Crippen LogP contribution in [0.25, 0.3) is 0 Å². The van der Waals surface area contributed by atoms with Crippen LogP contribution < -0.4 is 0 Å². The first-order valence-corrected chi connectivity index (χ1v) is 7.85. The monoisotopic (exact) mass is 309 g/mol. The van der Waals surface area contributed by atoms with Gasteiger partial charge in [0, 0.05) is 24.7 Å². The first-order valence-electron chi connectivity index (χ1n) is 7.47. The van der Waals surface area contributed by atoms with E-state index in [1.165, 1.54) is 5.56 Å². The molecule has 1 saturated heterocycles. The lowest BCUT2D eigenvalue weighted by molar-refractivity contribution is -0.138. The molecule has 4 nitrogen and oxygen atoms in total. The smallest absolute Gasteiger partial charge is 0.248 e. The minimum Gasteiger partial charge on any atom is -0.376 e. The Morgan fingerprint density at radius 3 is 3.19 bits per heavy atom. The van der Waals surface area contributed by atoms with Crippen molar-refractivity contribution in [3.63, 3.8) is 0 Å². The van der Waals surface area contributed by atoms with Crippen LogP contribution in [-0.4, -0.2) is 43.3 Å². The number of carbonyl (C=O) groups excluding carboxylic acids is 1. The van der Waals surface area contributed by atoms with Crippen LogP contribution in [0.2, 0.25) is 5.02 Å². The Morgan fingerprint density at radius 1 is 1.48 bits per heavy atom. The maximum absolute atomic E-state index is 12.2. The Hall–Kier alpha value is -1.10. The molecule has 0 aromatic heterocycles. The van der Waals surface area contributed by atoms with Gasteiger partial charge in [-0.05, 0) is 36.5 Å². The number of rotatable bonds is 4. The van der Waals surface area contributed by atoms with Gasteiger partial charge in [0.25, 0.3) is 0 Å². The van der Waals surface area contributed by atoms with Gasteiger partial charge in [-0.25, -0.2) is 0 Å². The molecule has 0 radical (unpaired) electrons. The molecule has 0 N–H and O–H groups in total. The van der Waals surface area contributed by atoms with Crippen molar-refractivity contribution in [2.24, 2.45) is 0 Å². The van der Waals surface area contributed by atoms with Gasteiger partial charge >= 0.3 is 0 Å². The Labute approximate surface area is 130 Å². The quantitative estimate of drug-likeness (QED) is 0.857. The standard InChI is InChI=1S/C16H20ClNO3/c17-15-5-1-3-12-9-18(7-6-14(12)15)16(19)11-20-10-13-4-2-8-21-13/h1,3,5,13H,2,4,6-11H2/t13-/m0/s1. The van der Waals surface area contributed by atoms with E-state index in [1.54, 1.807) is 0 Å². The second-order valence-corrected chi connectivity index (χ2v) is 6.00. The summed E-state index contributed by atoms with van der Waals surface area (Å²) in [5, 5.41) is 0.800. The number of ether oxygens (including phenoxy) is 2. The van der Waals surface area contributed by atoms with E-state index in [1.807, 2.05) is 23.1 Å². The van der Waals surface area contributed by atoms with E-state index in [0.717, 1.165) is 36.5 Å². The zero-order valence-electron chi connectivity index (χ0n) is 12.0. The predicted molar refractivity (Wildman–Crippen MR) is 80.4 cm³/mol. The Morgan fingerprint density at radius 2 is 2.38 bits per heavy atom. The molecule has 1 atom stereocenters. The third-order valence-corrected chi connectivity index (χ3v) is 4.47. The number of fused-ring (bicyclic) bond motifs is 1. The van der Waals surface area contributed by atoms with E-state index < -0.39 is 0 Å². The Balaban J connectivity index is 1.49. The maximum atomic E-state index is 12.2. The highest BCUT2D eigenvalue weighted by molar-refractivity contribution is 6.31. The highest BCUT2D eigenvalue weighted by Gasteiger charge is 2.22. The van der Waals surface area contributed by atoms with Crippen molar-refractivity contribution in [3.05, 3.63) is 34.3 Å². The van der Waals surface area contributed by atoms with E-state index >= 15 is 0 Å². The fraction of sp³-hybridized carbons (Fsp3) is 0.562. The molecule has 0 spiro atoms. The molecule has 1 aromatic carbocycles. The van der Waals surface area contributed by atoms with Crippen LogP contribution >= 0.6 is 11.6 Å². The molecule has 114 valence electrons. The van der Waals surface area contributed by atoms with Gasteiger partial charge in [0.15, 0.2) is 0 Å². The Kier molecular flexibility index (Phi) is 4.78. The SMILES string of the molecule is O=C(COC[C@@H]1CCCO1)N1CCc2c(Cl)cccc2C1. The summed E-state index contributed by atoms with van der Waals surface area (Å²) in [6.07, 6.45) is 3.10. The van der Waals surface area contributed by atoms with Crippen LogP contribution in [0.5, 0.6) is 0 Å². The van der Waals surface area contributed by atoms with Gasteiger partial charge in [0.05, 0.1) is 12.7 Å². The third-order valence-electron chi connectivity index (χ3n) is 4.11. The summed E-state index contributed by atoms with van der Waals surface area (Å²) in [5.74, 6) is 0.0404. The number of hydrogen-bond acceptors (Lipinski definition) is 3. The van der Waals surface area contributed by atoms with E-state index in [-0.39, 0.29) is 18.6 Å². The van der Waals surface area contributed by atoms with Gasteiger partial charge in [-0.2, -0.15) is 0 Å². The van der Waals surface area contributed by atoms with E-state index in [2.05, 4.69) is 0 Å². The first-order chi connectivity index (χ1) is 10.2. The minimum atomic E-state index is 0.0404. The van der Waals surface area contributed by atoms with Crippen molar-refractivity contribution in [1.82, 2.24) is 4.90 Å². The summed E-state index contributed by atoms with van der Waals surface area (Å²) in [4.78, 5) is 14.0. The van der Waals surface area contributed by atoms with Gasteiger partial charge in [-0.3, -0.25) is 4.79 Å². The largest absolute Gasteiger partial charge is 0.376 e. The molecule has 2 aliphatic heterocycles. The summed E-state index contributed by atoms with van der Waals surface area (Å²) in [7, 11) is 0. The molecule has 1 fully saturated rings. The highest BCUT2D eigenvalue weighted by atomic mass is 35.5. The Bertz CT molecular complexity index is 514. The first kappa shape index (κ1) is 14.8. The van der Waals surface area contributed by atoms with Crippen molar-refractivity contribution in [2.45, 2.75) is 31.9 Å². The molecule has 2 heterocycles. The average molecular weight is 310 g/mol. The topological polar surface area (TPSA) is 38.8 Å². The number of hydrogen-bond donors (Lipinski definition) is 0. The lowest BCUT2D eigenvalue weighted by atomic mass is 10.00. The van der Waals surface area contributed by atoms with Crippen LogP contribution in [0.1, 0.15) is 24.0 Å². The highest BCUT2D eigenvalue weighted by Crippen LogP contribution is 2.25. The van der Waals surface area contributed by atoms with Crippen molar-refractivity contribution in [2.75, 3.05) is 26.4 Å². The second kappa shape index (κ2) is 6.77. The van der Waals surface area contributed by atoms with Crippen LogP contribution in [0.15, 0.2) is 18.2 Å². The fourth-order valence-corrected chi connectivity index (χ4v) is 3.21. The zero-order chi connectivity index (χ0) is 14.7. The van der Waals surface area contributed by atoms with E-state index in [4.69, 9.17) is 21.1 Å². The van der Waals surface area contributed by atoms with Crippen molar-refractivity contribution in [1.29, 1.82) is 0 Å². The molecule has 0 bridgehead atoms. The molecule has 2 aliphatic rings. The zero-order valence-corrected chi connectivity index (χ0v) is 12.8. The normalized spacial score (nSPS) is 21.4. The van der Waals surface area contributed by atoms with Gasteiger partial charge in [0.2, 0.25) is 5.91 Å². The molecule has 0 aliphatic carbocycles. The molecular formula is C16H20ClNO3. The number of amides is 1. The minimum absolute atomic E-state index is 0.0404. The lowest BCUT2D eigenvalue weighted by Crippen LogP contribution is -2.38. The van der Waals surface area contributed by atoms with Gasteiger partial charge in [-0.1, -0.05) is 23.7 Å². The predicted octanol–water partition coefficient (Wildman–Crippen LogP) is 2.42. The number of nitrogens with zero attached hydrogens (tertiary/aromatic N) is 1. The summed E-state index contributed by atoms with van der Waals surface area (Å²) < 4.78 is 11.0. The van der Waals surface area contributed by atoms with Crippen LogP contribution in [0, 0.1) is 0 Å². The lowest BCUT2D eigenvalue weighted by Gasteiger charge is -2.29. The molecular weight excluding hydrogens is 290 g/mol. The molecule has 1 aromatic rings. The summed E-state index contributed by atoms with van der Waals surface area (Å²) >= 11 is 6.18. The van der Waals surface area contributed by atoms with Gasteiger partial charge < -0.3 is 14.4 Å². The third kappa shape index (κ3) is 3.57. The van der Waals surface area contributed by atoms with E-state index in [9.17, 15) is 4.79 Å². The molecule has 0 saturated carbocycles. The molecule has 5 heteroatoms. The number of benzene rings is 1. The maximum Gasteiger partial charge on any atom is 0.248 e. The van der Waals surface area contributed by atoms with Crippen molar-refractivity contribution in [3.8, 4) is 0 Å².